The molecule has 4 heteroatoms. The summed E-state index contributed by atoms with van der Waals surface area (Å²) in [5, 5.41) is 5.22. The normalized spacial score (nSPS) is 16.5. The van der Waals surface area contributed by atoms with Gasteiger partial charge in [0.15, 0.2) is 0 Å². The van der Waals surface area contributed by atoms with E-state index in [0.717, 1.165) is 26.6 Å². The molecule has 25 heavy (non-hydrogen) atoms. The van der Waals surface area contributed by atoms with Crippen molar-refractivity contribution in [1.82, 2.24) is 0 Å². The van der Waals surface area contributed by atoms with Crippen LogP contribution < -0.4 is 15.9 Å². The van der Waals surface area contributed by atoms with Crippen LogP contribution in [0.4, 0.5) is 0 Å². The zero-order valence-electron chi connectivity index (χ0n) is 13.8. The Bertz CT molecular complexity index is 870. The van der Waals surface area contributed by atoms with Gasteiger partial charge in [0.05, 0.1) is 0 Å². The molecule has 1 nitrogen and oxygen atoms in total. The van der Waals surface area contributed by atoms with E-state index in [1.165, 1.54) is 15.3 Å². The summed E-state index contributed by atoms with van der Waals surface area (Å²) in [6, 6.07) is 26.9. The molecular formula is C21H19OPSe2. The van der Waals surface area contributed by atoms with E-state index >= 15 is 0 Å². The van der Waals surface area contributed by atoms with Crippen molar-refractivity contribution in [2.45, 2.75) is 14.9 Å². The van der Waals surface area contributed by atoms with Gasteiger partial charge < -0.3 is 0 Å². The Hall–Kier alpha value is -1.07. The molecule has 0 aromatic heterocycles. The molecule has 0 amide bonds. The van der Waals surface area contributed by atoms with Gasteiger partial charge >= 0.3 is 162 Å². The van der Waals surface area contributed by atoms with Crippen molar-refractivity contribution in [2.24, 2.45) is 0 Å². The van der Waals surface area contributed by atoms with Gasteiger partial charge in [0.1, 0.15) is 0 Å². The van der Waals surface area contributed by atoms with E-state index in [0.29, 0.717) is 29.9 Å². The molecule has 1 heterocycles. The van der Waals surface area contributed by atoms with E-state index in [4.69, 9.17) is 0 Å². The van der Waals surface area contributed by atoms with Crippen molar-refractivity contribution >= 4 is 53.0 Å². The molecular weight excluding hydrogens is 457 g/mol. The van der Waals surface area contributed by atoms with Crippen LogP contribution in [0.2, 0.25) is 4.22 Å². The minimum absolute atomic E-state index is 0.601. The molecule has 3 aromatic rings. The summed E-state index contributed by atoms with van der Waals surface area (Å²) in [5.41, 5.74) is 2.56. The molecule has 0 saturated heterocycles. The molecule has 0 radical (unpaired) electrons. The van der Waals surface area contributed by atoms with Crippen molar-refractivity contribution in [3.63, 3.8) is 0 Å². The third-order valence-electron chi connectivity index (χ3n) is 4.46. The summed E-state index contributed by atoms with van der Waals surface area (Å²) in [6.45, 7) is 0. The fourth-order valence-corrected chi connectivity index (χ4v) is 12.6. The van der Waals surface area contributed by atoms with Gasteiger partial charge in [-0.2, -0.15) is 0 Å². The van der Waals surface area contributed by atoms with Gasteiger partial charge in [0, 0.05) is 0 Å². The second kappa shape index (κ2) is 7.66. The Labute approximate surface area is 161 Å². The van der Waals surface area contributed by atoms with Gasteiger partial charge in [-0.25, -0.2) is 0 Å². The van der Waals surface area contributed by atoms with Crippen LogP contribution in [0.3, 0.4) is 0 Å². The number of fused-ring (bicyclic) bond motifs is 2. The van der Waals surface area contributed by atoms with Crippen LogP contribution in [-0.4, -0.2) is 29.9 Å². The molecule has 3 aromatic carbocycles. The molecule has 0 N–H and O–H groups in total. The summed E-state index contributed by atoms with van der Waals surface area (Å²) in [6.07, 6.45) is 0. The first-order chi connectivity index (χ1) is 12.3. The summed E-state index contributed by atoms with van der Waals surface area (Å²) in [7, 11) is -2.84. The van der Waals surface area contributed by atoms with Crippen LogP contribution in [0.15, 0.2) is 78.9 Å². The number of rotatable bonds is 1. The van der Waals surface area contributed by atoms with E-state index in [1.54, 1.807) is 0 Å². The molecule has 1 aliphatic heterocycles. The predicted octanol–water partition coefficient (Wildman–Crippen LogP) is 3.12. The predicted molar refractivity (Wildman–Crippen MR) is 110 cm³/mol. The Kier molecular flexibility index (Phi) is 5.32. The first-order valence-electron chi connectivity index (χ1n) is 8.28. The molecule has 0 aliphatic carbocycles. The molecule has 126 valence electrons. The van der Waals surface area contributed by atoms with E-state index in [-0.39, 0.29) is 0 Å². The Morgan fingerprint density at radius 2 is 1.12 bits per heavy atom. The molecule has 0 unspecified atom stereocenters. The van der Waals surface area contributed by atoms with Gasteiger partial charge in [0.2, 0.25) is 0 Å². The molecule has 4 rings (SSSR count). The molecule has 0 fully saturated rings. The van der Waals surface area contributed by atoms with Crippen LogP contribution in [-0.2, 0) is 15.2 Å². The van der Waals surface area contributed by atoms with Gasteiger partial charge in [0.25, 0.3) is 0 Å². The first-order valence-corrected chi connectivity index (χ1v) is 14.8. The van der Waals surface area contributed by atoms with Crippen LogP contribution in [0.5, 0.6) is 0 Å². The fraction of sp³-hybridized carbons (Fsp3) is 0.143. The van der Waals surface area contributed by atoms with Crippen molar-refractivity contribution in [2.75, 3.05) is 0 Å². The van der Waals surface area contributed by atoms with Gasteiger partial charge in [-0.05, 0) is 0 Å². The second-order valence-electron chi connectivity index (χ2n) is 6.02. The third-order valence-corrected chi connectivity index (χ3v) is 14.2. The number of hydrogen-bond donors (Lipinski definition) is 0. The topological polar surface area (TPSA) is 17.1 Å². The number of hydrogen-bond acceptors (Lipinski definition) is 1. The van der Waals surface area contributed by atoms with E-state index in [2.05, 4.69) is 36.4 Å². The van der Waals surface area contributed by atoms with Crippen molar-refractivity contribution in [1.29, 1.82) is 0 Å². The maximum absolute atomic E-state index is 14.7. The van der Waals surface area contributed by atoms with Crippen LogP contribution in [0, 0.1) is 0 Å². The SMILES string of the molecule is O=P1(c2ccccc2)c2ccccc2C[Se]C[Se]Cc2ccccc21. The Morgan fingerprint density at radius 3 is 1.68 bits per heavy atom. The van der Waals surface area contributed by atoms with E-state index < -0.39 is 7.14 Å². The fourth-order valence-electron chi connectivity index (χ4n) is 3.29. The van der Waals surface area contributed by atoms with Gasteiger partial charge in [-0.1, -0.05) is 0 Å². The summed E-state index contributed by atoms with van der Waals surface area (Å²) in [5.74, 6) is 0. The summed E-state index contributed by atoms with van der Waals surface area (Å²) in [4.78, 5) is 0. The van der Waals surface area contributed by atoms with E-state index in [1.807, 2.05) is 42.5 Å². The maximum atomic E-state index is 14.7. The average Bonchev–Trinajstić information content (AvgIpc) is 2.68. The van der Waals surface area contributed by atoms with Gasteiger partial charge in [-0.15, -0.1) is 0 Å². The zero-order valence-corrected chi connectivity index (χ0v) is 18.1. The van der Waals surface area contributed by atoms with Crippen molar-refractivity contribution < 1.29 is 4.57 Å². The summed E-state index contributed by atoms with van der Waals surface area (Å²) >= 11 is 1.20. The average molecular weight is 476 g/mol. The van der Waals surface area contributed by atoms with Crippen LogP contribution in [0.1, 0.15) is 11.1 Å². The first kappa shape index (κ1) is 17.3. The Balaban J connectivity index is 2.05. The van der Waals surface area contributed by atoms with Crippen LogP contribution >= 0.6 is 7.14 Å². The van der Waals surface area contributed by atoms with Crippen molar-refractivity contribution in [3.8, 4) is 0 Å². The quantitative estimate of drug-likeness (QED) is 0.390. The molecule has 0 bridgehead atoms. The molecule has 1 aliphatic rings. The number of benzene rings is 3. The third kappa shape index (κ3) is 3.33. The van der Waals surface area contributed by atoms with Crippen LogP contribution in [0.25, 0.3) is 0 Å². The second-order valence-corrected chi connectivity index (χ2v) is 14.7. The molecule has 0 atom stereocenters. The van der Waals surface area contributed by atoms with Crippen molar-refractivity contribution in [3.05, 3.63) is 90.0 Å². The Morgan fingerprint density at radius 1 is 0.640 bits per heavy atom. The molecule has 0 saturated carbocycles. The van der Waals surface area contributed by atoms with Gasteiger partial charge in [-0.3, -0.25) is 0 Å². The monoisotopic (exact) mass is 478 g/mol. The summed E-state index contributed by atoms with van der Waals surface area (Å²) < 4.78 is 16.1. The minimum atomic E-state index is -2.84. The molecule has 0 spiro atoms. The zero-order chi connectivity index (χ0) is 17.1. The standard InChI is InChI=1S/C21H19OPSe2/c22-23(19-10-2-1-3-11-19)20-12-6-4-8-17(20)14-24-16-25-15-18-9-5-7-13-21(18)23/h1-13H,14-16H2. The van der Waals surface area contributed by atoms with E-state index in [9.17, 15) is 4.57 Å².